The molecular weight excluding hydrogens is 206 g/mol. The Bertz CT molecular complexity index is 346. The molecule has 16 heavy (non-hydrogen) atoms. The summed E-state index contributed by atoms with van der Waals surface area (Å²) in [6, 6.07) is -0.676. The Hall–Kier alpha value is -1.49. The van der Waals surface area contributed by atoms with Gasteiger partial charge in [-0.3, -0.25) is 4.79 Å². The van der Waals surface area contributed by atoms with E-state index in [2.05, 4.69) is 9.97 Å². The lowest BCUT2D eigenvalue weighted by Crippen LogP contribution is -2.38. The molecule has 1 aromatic heterocycles. The number of esters is 1. The molecule has 1 aromatic rings. The van der Waals surface area contributed by atoms with Gasteiger partial charge >= 0.3 is 5.97 Å². The highest BCUT2D eigenvalue weighted by molar-refractivity contribution is 5.76. The maximum atomic E-state index is 11.6. The smallest absolute Gasteiger partial charge is 0.323 e. The minimum atomic E-state index is -0.676. The largest absolute Gasteiger partial charge is 0.459 e. The highest BCUT2D eigenvalue weighted by Gasteiger charge is 2.22. The zero-order chi connectivity index (χ0) is 12.2. The van der Waals surface area contributed by atoms with Crippen molar-refractivity contribution in [3.63, 3.8) is 0 Å². The van der Waals surface area contributed by atoms with E-state index in [0.717, 1.165) is 5.56 Å². The first-order valence-corrected chi connectivity index (χ1v) is 5.11. The number of hydrogen-bond acceptors (Lipinski definition) is 5. The van der Waals surface area contributed by atoms with Crippen molar-refractivity contribution in [3.8, 4) is 0 Å². The fraction of sp³-hybridized carbons (Fsp3) is 0.545. The molecule has 2 N–H and O–H groups in total. The topological polar surface area (TPSA) is 78.1 Å². The lowest BCUT2D eigenvalue weighted by Gasteiger charge is -2.22. The van der Waals surface area contributed by atoms with Crippen LogP contribution in [0.1, 0.15) is 26.3 Å². The van der Waals surface area contributed by atoms with Gasteiger partial charge in [0.15, 0.2) is 0 Å². The monoisotopic (exact) mass is 223 g/mol. The quantitative estimate of drug-likeness (QED) is 0.763. The van der Waals surface area contributed by atoms with Gasteiger partial charge in [0.25, 0.3) is 0 Å². The van der Waals surface area contributed by atoms with Crippen LogP contribution in [0.3, 0.4) is 0 Å². The van der Waals surface area contributed by atoms with Crippen molar-refractivity contribution in [2.75, 3.05) is 0 Å². The van der Waals surface area contributed by atoms with Crippen LogP contribution in [0.4, 0.5) is 0 Å². The van der Waals surface area contributed by atoms with Gasteiger partial charge in [-0.15, -0.1) is 0 Å². The maximum Gasteiger partial charge on any atom is 0.323 e. The Labute approximate surface area is 95.0 Å². The number of nitrogens with zero attached hydrogens (tertiary/aromatic N) is 2. The van der Waals surface area contributed by atoms with E-state index < -0.39 is 17.6 Å². The highest BCUT2D eigenvalue weighted by atomic mass is 16.6. The molecule has 0 amide bonds. The SMILES string of the molecule is CC(C)(C)OC(=O)[C@H](N)Cc1cncnc1. The number of carbonyl (C=O) groups is 1. The van der Waals surface area contributed by atoms with E-state index >= 15 is 0 Å². The van der Waals surface area contributed by atoms with Crippen LogP contribution >= 0.6 is 0 Å². The summed E-state index contributed by atoms with van der Waals surface area (Å²) < 4.78 is 5.17. The number of rotatable bonds is 3. The summed E-state index contributed by atoms with van der Waals surface area (Å²) in [6.45, 7) is 5.43. The van der Waals surface area contributed by atoms with Gasteiger partial charge < -0.3 is 10.5 Å². The molecule has 0 bridgehead atoms. The lowest BCUT2D eigenvalue weighted by atomic mass is 10.1. The van der Waals surface area contributed by atoms with Crippen molar-refractivity contribution >= 4 is 5.97 Å². The van der Waals surface area contributed by atoms with Crippen LogP contribution < -0.4 is 5.73 Å². The average Bonchev–Trinajstić information content (AvgIpc) is 2.16. The molecule has 88 valence electrons. The van der Waals surface area contributed by atoms with Gasteiger partial charge in [-0.05, 0) is 26.3 Å². The molecular formula is C11H17N3O2. The Balaban J connectivity index is 2.53. The third-order valence-electron chi connectivity index (χ3n) is 1.78. The van der Waals surface area contributed by atoms with E-state index in [1.165, 1.54) is 6.33 Å². The molecule has 0 fully saturated rings. The minimum Gasteiger partial charge on any atom is -0.459 e. The Morgan fingerprint density at radius 1 is 1.44 bits per heavy atom. The summed E-state index contributed by atoms with van der Waals surface area (Å²) in [7, 11) is 0. The van der Waals surface area contributed by atoms with E-state index in [1.54, 1.807) is 12.4 Å². The molecule has 0 saturated heterocycles. The van der Waals surface area contributed by atoms with Crippen LogP contribution in [0.15, 0.2) is 18.7 Å². The number of aromatic nitrogens is 2. The summed E-state index contributed by atoms with van der Waals surface area (Å²) in [5, 5.41) is 0. The Morgan fingerprint density at radius 3 is 2.50 bits per heavy atom. The van der Waals surface area contributed by atoms with Crippen LogP contribution in [-0.4, -0.2) is 27.6 Å². The number of carbonyl (C=O) groups excluding carboxylic acids is 1. The second-order valence-corrected chi connectivity index (χ2v) is 4.59. The van der Waals surface area contributed by atoms with Crippen molar-refractivity contribution < 1.29 is 9.53 Å². The zero-order valence-corrected chi connectivity index (χ0v) is 9.80. The van der Waals surface area contributed by atoms with E-state index in [-0.39, 0.29) is 0 Å². The van der Waals surface area contributed by atoms with Crippen molar-refractivity contribution in [2.24, 2.45) is 5.73 Å². The summed E-state index contributed by atoms with van der Waals surface area (Å²) in [6.07, 6.45) is 5.09. The van der Waals surface area contributed by atoms with Crippen LogP contribution in [0.2, 0.25) is 0 Å². The fourth-order valence-corrected chi connectivity index (χ4v) is 1.15. The molecule has 0 aliphatic carbocycles. The summed E-state index contributed by atoms with van der Waals surface area (Å²) in [5.41, 5.74) is 6.03. The second kappa shape index (κ2) is 5.03. The van der Waals surface area contributed by atoms with Crippen molar-refractivity contribution in [3.05, 3.63) is 24.3 Å². The normalized spacial score (nSPS) is 13.2. The van der Waals surface area contributed by atoms with Gasteiger partial charge in [0.2, 0.25) is 0 Å². The summed E-state index contributed by atoms with van der Waals surface area (Å²) >= 11 is 0. The van der Waals surface area contributed by atoms with Crippen LogP contribution in [0.25, 0.3) is 0 Å². The minimum absolute atomic E-state index is 0.385. The average molecular weight is 223 g/mol. The number of hydrogen-bond donors (Lipinski definition) is 1. The standard InChI is InChI=1S/C11H17N3O2/c1-11(2,3)16-10(15)9(12)4-8-5-13-7-14-6-8/h5-7,9H,4,12H2,1-3H3/t9-/m1/s1. The van der Waals surface area contributed by atoms with Crippen LogP contribution in [-0.2, 0) is 16.0 Å². The molecule has 5 heteroatoms. The second-order valence-electron chi connectivity index (χ2n) is 4.59. The van der Waals surface area contributed by atoms with Crippen molar-refractivity contribution in [2.45, 2.75) is 38.8 Å². The molecule has 0 unspecified atom stereocenters. The summed E-state index contributed by atoms with van der Waals surface area (Å²) in [5.74, 6) is -0.406. The predicted octanol–water partition coefficient (Wildman–Crippen LogP) is 0.688. The Kier molecular flexibility index (Phi) is 3.95. The van der Waals surface area contributed by atoms with Gasteiger partial charge in [-0.2, -0.15) is 0 Å². The molecule has 0 aliphatic heterocycles. The zero-order valence-electron chi connectivity index (χ0n) is 9.80. The first-order chi connectivity index (χ1) is 7.38. The molecule has 0 spiro atoms. The molecule has 5 nitrogen and oxygen atoms in total. The van der Waals surface area contributed by atoms with Crippen LogP contribution in [0, 0.1) is 0 Å². The van der Waals surface area contributed by atoms with E-state index in [4.69, 9.17) is 10.5 Å². The van der Waals surface area contributed by atoms with Gasteiger partial charge in [-0.1, -0.05) is 0 Å². The number of nitrogens with two attached hydrogens (primary N) is 1. The fourth-order valence-electron chi connectivity index (χ4n) is 1.15. The summed E-state index contributed by atoms with van der Waals surface area (Å²) in [4.78, 5) is 19.3. The van der Waals surface area contributed by atoms with Gasteiger partial charge in [0.05, 0.1) is 0 Å². The molecule has 0 saturated carbocycles. The Morgan fingerprint density at radius 2 is 2.00 bits per heavy atom. The van der Waals surface area contributed by atoms with Crippen LogP contribution in [0.5, 0.6) is 0 Å². The molecule has 1 atom stereocenters. The first-order valence-electron chi connectivity index (χ1n) is 5.11. The molecule has 0 aliphatic rings. The molecule has 1 heterocycles. The maximum absolute atomic E-state index is 11.6. The lowest BCUT2D eigenvalue weighted by molar-refractivity contribution is -0.156. The van der Waals surface area contributed by atoms with Gasteiger partial charge in [0.1, 0.15) is 18.0 Å². The number of ether oxygens (including phenoxy) is 1. The van der Waals surface area contributed by atoms with Gasteiger partial charge in [-0.25, -0.2) is 9.97 Å². The first kappa shape index (κ1) is 12.6. The molecule has 1 rings (SSSR count). The molecule has 0 radical (unpaired) electrons. The van der Waals surface area contributed by atoms with Crippen molar-refractivity contribution in [1.82, 2.24) is 9.97 Å². The molecule has 0 aromatic carbocycles. The third-order valence-corrected chi connectivity index (χ3v) is 1.78. The highest BCUT2D eigenvalue weighted by Crippen LogP contribution is 2.09. The van der Waals surface area contributed by atoms with E-state index in [1.807, 2.05) is 20.8 Å². The third kappa shape index (κ3) is 4.35. The van der Waals surface area contributed by atoms with Gasteiger partial charge in [0, 0.05) is 18.8 Å². The van der Waals surface area contributed by atoms with E-state index in [9.17, 15) is 4.79 Å². The van der Waals surface area contributed by atoms with Crippen molar-refractivity contribution in [1.29, 1.82) is 0 Å². The predicted molar refractivity (Wildman–Crippen MR) is 59.6 cm³/mol. The van der Waals surface area contributed by atoms with E-state index in [0.29, 0.717) is 6.42 Å².